The zero-order valence-corrected chi connectivity index (χ0v) is 17.7. The Morgan fingerprint density at radius 1 is 1.38 bits per heavy atom. The minimum atomic E-state index is -0.421. The monoisotopic (exact) mass is 395 g/mol. The van der Waals surface area contributed by atoms with E-state index in [4.69, 9.17) is 14.7 Å². The summed E-state index contributed by atoms with van der Waals surface area (Å²) in [5.74, 6) is 1.88. The van der Waals surface area contributed by atoms with Crippen molar-refractivity contribution in [2.24, 2.45) is 0 Å². The molecule has 0 spiro atoms. The quantitative estimate of drug-likeness (QED) is 0.386. The number of aromatic nitrogens is 2. The van der Waals surface area contributed by atoms with E-state index < -0.39 is 6.10 Å². The van der Waals surface area contributed by atoms with E-state index in [0.717, 1.165) is 46.2 Å². The molecule has 1 aliphatic rings. The molecule has 2 unspecified atom stereocenters. The van der Waals surface area contributed by atoms with Gasteiger partial charge in [0.2, 0.25) is 0 Å². The molecule has 2 atom stereocenters. The van der Waals surface area contributed by atoms with Crippen LogP contribution in [0.25, 0.3) is 10.2 Å². The maximum atomic E-state index is 9.71. The summed E-state index contributed by atoms with van der Waals surface area (Å²) in [5, 5.41) is 15.0. The van der Waals surface area contributed by atoms with Crippen LogP contribution in [0, 0.1) is 0 Å². The SMILES string of the molecule is CCCCSc1nc(NCC(C)O)c2c3c(sc2n1)COC(C)(CC)C3. The molecule has 26 heavy (non-hydrogen) atoms. The molecule has 0 fully saturated rings. The van der Waals surface area contributed by atoms with Crippen LogP contribution in [0.1, 0.15) is 57.4 Å². The van der Waals surface area contributed by atoms with E-state index in [0.29, 0.717) is 13.2 Å². The average molecular weight is 396 g/mol. The third kappa shape index (κ3) is 4.32. The zero-order chi connectivity index (χ0) is 18.7. The fourth-order valence-corrected chi connectivity index (χ4v) is 5.11. The number of thioether (sulfide) groups is 1. The van der Waals surface area contributed by atoms with Crippen LogP contribution in [-0.2, 0) is 17.8 Å². The largest absolute Gasteiger partial charge is 0.392 e. The summed E-state index contributed by atoms with van der Waals surface area (Å²) in [5.41, 5.74) is 1.19. The van der Waals surface area contributed by atoms with Gasteiger partial charge < -0.3 is 15.2 Å². The van der Waals surface area contributed by atoms with Crippen molar-refractivity contribution in [3.63, 3.8) is 0 Å². The number of rotatable bonds is 8. The summed E-state index contributed by atoms with van der Waals surface area (Å²) in [7, 11) is 0. The molecule has 1 aliphatic heterocycles. The first-order valence-electron chi connectivity index (χ1n) is 9.46. The highest BCUT2D eigenvalue weighted by molar-refractivity contribution is 7.99. The third-order valence-corrected chi connectivity index (χ3v) is 6.89. The summed E-state index contributed by atoms with van der Waals surface area (Å²) < 4.78 is 6.12. The predicted molar refractivity (Wildman–Crippen MR) is 110 cm³/mol. The van der Waals surface area contributed by atoms with E-state index >= 15 is 0 Å². The summed E-state index contributed by atoms with van der Waals surface area (Å²) >= 11 is 3.43. The van der Waals surface area contributed by atoms with Crippen molar-refractivity contribution in [1.82, 2.24) is 9.97 Å². The van der Waals surface area contributed by atoms with Crippen LogP contribution in [0.5, 0.6) is 0 Å². The second-order valence-corrected chi connectivity index (χ2v) is 9.39. The molecule has 0 amide bonds. The number of unbranched alkanes of at least 4 members (excludes halogenated alkanes) is 1. The lowest BCUT2D eigenvalue weighted by Gasteiger charge is -2.33. The van der Waals surface area contributed by atoms with Crippen LogP contribution in [0.4, 0.5) is 5.82 Å². The van der Waals surface area contributed by atoms with E-state index in [1.807, 2.05) is 0 Å². The number of nitrogens with one attached hydrogen (secondary N) is 1. The van der Waals surface area contributed by atoms with Crippen molar-refractivity contribution >= 4 is 39.1 Å². The second kappa shape index (κ2) is 8.42. The number of aliphatic hydroxyl groups excluding tert-OH is 1. The summed E-state index contributed by atoms with van der Waals surface area (Å²) in [4.78, 5) is 11.9. The number of fused-ring (bicyclic) bond motifs is 3. The van der Waals surface area contributed by atoms with Crippen LogP contribution < -0.4 is 5.32 Å². The molecule has 0 aromatic carbocycles. The molecule has 144 valence electrons. The summed E-state index contributed by atoms with van der Waals surface area (Å²) in [6.45, 7) is 9.46. The predicted octanol–water partition coefficient (Wildman–Crippen LogP) is 4.62. The lowest BCUT2D eigenvalue weighted by Crippen LogP contribution is -2.34. The summed E-state index contributed by atoms with van der Waals surface area (Å²) in [6.07, 6.45) is 3.77. The smallest absolute Gasteiger partial charge is 0.190 e. The number of nitrogens with zero attached hydrogens (tertiary/aromatic N) is 2. The van der Waals surface area contributed by atoms with E-state index in [-0.39, 0.29) is 5.60 Å². The number of hydrogen-bond acceptors (Lipinski definition) is 7. The Hall–Kier alpha value is -0.890. The van der Waals surface area contributed by atoms with Crippen molar-refractivity contribution in [1.29, 1.82) is 0 Å². The molecule has 3 rings (SSSR count). The Morgan fingerprint density at radius 2 is 2.19 bits per heavy atom. The Labute approximate surface area is 164 Å². The molecule has 2 aromatic rings. The number of ether oxygens (including phenoxy) is 1. The number of hydrogen-bond donors (Lipinski definition) is 2. The van der Waals surface area contributed by atoms with Gasteiger partial charge in [-0.25, -0.2) is 9.97 Å². The number of aliphatic hydroxyl groups is 1. The van der Waals surface area contributed by atoms with Crippen LogP contribution in [0.2, 0.25) is 0 Å². The molecule has 0 saturated carbocycles. The highest BCUT2D eigenvalue weighted by Crippen LogP contribution is 2.42. The van der Waals surface area contributed by atoms with Gasteiger partial charge in [0.1, 0.15) is 10.6 Å². The molecular weight excluding hydrogens is 366 g/mol. The highest BCUT2D eigenvalue weighted by Gasteiger charge is 2.33. The second-order valence-electron chi connectivity index (χ2n) is 7.24. The molecule has 7 heteroatoms. The lowest BCUT2D eigenvalue weighted by atomic mass is 9.90. The normalized spacial score (nSPS) is 21.0. The van der Waals surface area contributed by atoms with E-state index in [9.17, 15) is 5.11 Å². The molecule has 5 nitrogen and oxygen atoms in total. The topological polar surface area (TPSA) is 67.3 Å². The fraction of sp³-hybridized carbons (Fsp3) is 0.684. The first-order chi connectivity index (χ1) is 12.5. The molecule has 2 N–H and O–H groups in total. The Bertz CT molecular complexity index is 763. The molecule has 0 radical (unpaired) electrons. The fourth-order valence-electron chi connectivity index (χ4n) is 3.02. The van der Waals surface area contributed by atoms with Crippen molar-refractivity contribution in [3.8, 4) is 0 Å². The Morgan fingerprint density at radius 3 is 2.88 bits per heavy atom. The first kappa shape index (κ1) is 19.9. The Balaban J connectivity index is 2.01. The molecule has 0 saturated heterocycles. The van der Waals surface area contributed by atoms with Gasteiger partial charge in [-0.05, 0) is 32.3 Å². The molecule has 0 aliphatic carbocycles. The average Bonchev–Trinajstić information content (AvgIpc) is 2.97. The maximum absolute atomic E-state index is 9.71. The van der Waals surface area contributed by atoms with Gasteiger partial charge in [0.05, 0.1) is 23.7 Å². The number of thiophene rings is 1. The van der Waals surface area contributed by atoms with Crippen molar-refractivity contribution in [2.45, 2.75) is 76.8 Å². The van der Waals surface area contributed by atoms with Gasteiger partial charge in [0, 0.05) is 23.6 Å². The van der Waals surface area contributed by atoms with E-state index in [2.05, 4.69) is 26.1 Å². The molecular formula is C19H29N3O2S2. The summed E-state index contributed by atoms with van der Waals surface area (Å²) in [6, 6.07) is 0. The maximum Gasteiger partial charge on any atom is 0.190 e. The van der Waals surface area contributed by atoms with Crippen LogP contribution in [-0.4, -0.2) is 39.1 Å². The van der Waals surface area contributed by atoms with Crippen molar-refractivity contribution in [2.75, 3.05) is 17.6 Å². The minimum absolute atomic E-state index is 0.128. The molecule has 0 bridgehead atoms. The first-order valence-corrected chi connectivity index (χ1v) is 11.3. The van der Waals surface area contributed by atoms with Gasteiger partial charge >= 0.3 is 0 Å². The molecule has 2 aromatic heterocycles. The third-order valence-electron chi connectivity index (χ3n) is 4.86. The zero-order valence-electron chi connectivity index (χ0n) is 16.1. The van der Waals surface area contributed by atoms with E-state index in [1.54, 1.807) is 30.0 Å². The Kier molecular flexibility index (Phi) is 6.43. The van der Waals surface area contributed by atoms with Crippen LogP contribution in [0.3, 0.4) is 0 Å². The standard InChI is InChI=1S/C19H29N3O2S2/c1-5-7-8-25-18-21-16(20-10-12(3)23)15-13-9-19(4,6-2)24-11-14(13)26-17(15)22-18/h12,23H,5-11H2,1-4H3,(H,20,21,22). The van der Waals surface area contributed by atoms with Crippen molar-refractivity contribution < 1.29 is 9.84 Å². The van der Waals surface area contributed by atoms with Gasteiger partial charge in [-0.3, -0.25) is 0 Å². The van der Waals surface area contributed by atoms with Gasteiger partial charge in [-0.15, -0.1) is 11.3 Å². The van der Waals surface area contributed by atoms with Crippen molar-refractivity contribution in [3.05, 3.63) is 10.4 Å². The number of anilines is 1. The van der Waals surface area contributed by atoms with Crippen LogP contribution in [0.15, 0.2) is 5.16 Å². The highest BCUT2D eigenvalue weighted by atomic mass is 32.2. The van der Waals surface area contributed by atoms with Gasteiger partial charge in [-0.2, -0.15) is 0 Å². The van der Waals surface area contributed by atoms with Gasteiger partial charge in [0.15, 0.2) is 5.16 Å². The van der Waals surface area contributed by atoms with Gasteiger partial charge in [0.25, 0.3) is 0 Å². The minimum Gasteiger partial charge on any atom is -0.392 e. The van der Waals surface area contributed by atoms with Gasteiger partial charge in [-0.1, -0.05) is 32.0 Å². The van der Waals surface area contributed by atoms with Crippen LogP contribution >= 0.6 is 23.1 Å². The lowest BCUT2D eigenvalue weighted by molar-refractivity contribution is -0.0542. The molecule has 3 heterocycles. The van der Waals surface area contributed by atoms with E-state index in [1.165, 1.54) is 16.9 Å².